The summed E-state index contributed by atoms with van der Waals surface area (Å²) in [4.78, 5) is 0. The Kier molecular flexibility index (Phi) is 5.27. The molecule has 0 aliphatic rings. The van der Waals surface area contributed by atoms with Crippen LogP contribution < -0.4 is 0 Å². The van der Waals surface area contributed by atoms with Crippen LogP contribution >= 0.6 is 0 Å². The highest BCUT2D eigenvalue weighted by molar-refractivity contribution is 6.23. The minimum Gasteiger partial charge on any atom is -0.456 e. The van der Waals surface area contributed by atoms with E-state index in [1.165, 1.54) is 71.1 Å². The zero-order valence-corrected chi connectivity index (χ0v) is 23.4. The van der Waals surface area contributed by atoms with Crippen LogP contribution in [-0.2, 0) is 0 Å². The maximum Gasteiger partial charge on any atom is 0.136 e. The van der Waals surface area contributed by atoms with Gasteiger partial charge in [-0.1, -0.05) is 140 Å². The fraction of sp³-hybridized carbons (Fsp3) is 0. The second-order valence-corrected chi connectivity index (χ2v) is 11.2. The van der Waals surface area contributed by atoms with E-state index in [2.05, 4.69) is 152 Å². The highest BCUT2D eigenvalue weighted by Gasteiger charge is 2.18. The topological polar surface area (TPSA) is 13.1 Å². The minimum atomic E-state index is 0.920. The standard InChI is InChI=1S/C42H26O/c1-2-13-27(14-3-1)40-32-19-6-8-21-34(32)41(35-22-9-7-20-33(35)40)29-16-12-15-28(25-29)37-26-39-42(31-18-5-4-17-30(31)37)36-23-10-11-24-38(36)43-39/h1-26H. The van der Waals surface area contributed by atoms with E-state index >= 15 is 0 Å². The molecule has 0 saturated carbocycles. The van der Waals surface area contributed by atoms with E-state index in [-0.39, 0.29) is 0 Å². The molecule has 9 rings (SSSR count). The van der Waals surface area contributed by atoms with Gasteiger partial charge in [-0.25, -0.2) is 0 Å². The first-order valence-electron chi connectivity index (χ1n) is 14.8. The summed E-state index contributed by atoms with van der Waals surface area (Å²) < 4.78 is 6.41. The van der Waals surface area contributed by atoms with E-state index in [0.29, 0.717) is 0 Å². The van der Waals surface area contributed by atoms with Crippen molar-refractivity contribution >= 4 is 54.3 Å². The minimum absolute atomic E-state index is 0.920. The molecule has 0 saturated heterocycles. The molecule has 43 heavy (non-hydrogen) atoms. The van der Waals surface area contributed by atoms with Crippen molar-refractivity contribution in [3.05, 3.63) is 158 Å². The average Bonchev–Trinajstić information content (AvgIpc) is 3.46. The molecule has 0 unspecified atom stereocenters. The fourth-order valence-electron chi connectivity index (χ4n) is 7.02. The van der Waals surface area contributed by atoms with Crippen molar-refractivity contribution in [2.75, 3.05) is 0 Å². The van der Waals surface area contributed by atoms with Crippen LogP contribution in [0.4, 0.5) is 0 Å². The first kappa shape index (κ1) is 24.0. The first-order chi connectivity index (χ1) is 21.3. The second-order valence-electron chi connectivity index (χ2n) is 11.2. The Morgan fingerprint density at radius 1 is 0.302 bits per heavy atom. The number of hydrogen-bond acceptors (Lipinski definition) is 1. The molecule has 1 heteroatoms. The molecule has 0 aliphatic carbocycles. The molecule has 1 aromatic heterocycles. The lowest BCUT2D eigenvalue weighted by Gasteiger charge is -2.18. The molecule has 0 atom stereocenters. The van der Waals surface area contributed by atoms with Gasteiger partial charge in [-0.3, -0.25) is 0 Å². The van der Waals surface area contributed by atoms with Gasteiger partial charge < -0.3 is 4.42 Å². The van der Waals surface area contributed by atoms with Crippen LogP contribution in [0.3, 0.4) is 0 Å². The molecule has 0 spiro atoms. The predicted octanol–water partition coefficient (Wildman–Crippen LogP) is 12.0. The quantitative estimate of drug-likeness (QED) is 0.201. The third-order valence-corrected chi connectivity index (χ3v) is 8.84. The van der Waals surface area contributed by atoms with Crippen LogP contribution in [0.15, 0.2) is 162 Å². The number of furan rings is 1. The van der Waals surface area contributed by atoms with Gasteiger partial charge in [0, 0.05) is 10.8 Å². The van der Waals surface area contributed by atoms with Crippen molar-refractivity contribution in [3.8, 4) is 33.4 Å². The lowest BCUT2D eigenvalue weighted by molar-refractivity contribution is 0.669. The van der Waals surface area contributed by atoms with Gasteiger partial charge in [0.05, 0.1) is 0 Å². The Bertz CT molecular complexity index is 2440. The van der Waals surface area contributed by atoms with Gasteiger partial charge in [0.25, 0.3) is 0 Å². The van der Waals surface area contributed by atoms with Crippen molar-refractivity contribution in [2.24, 2.45) is 0 Å². The largest absolute Gasteiger partial charge is 0.456 e. The smallest absolute Gasteiger partial charge is 0.136 e. The monoisotopic (exact) mass is 546 g/mol. The van der Waals surface area contributed by atoms with Gasteiger partial charge in [-0.15, -0.1) is 0 Å². The summed E-state index contributed by atoms with van der Waals surface area (Å²) in [5.74, 6) is 0. The van der Waals surface area contributed by atoms with Crippen LogP contribution in [-0.4, -0.2) is 0 Å². The predicted molar refractivity (Wildman–Crippen MR) is 183 cm³/mol. The highest BCUT2D eigenvalue weighted by Crippen LogP contribution is 2.45. The van der Waals surface area contributed by atoms with E-state index in [9.17, 15) is 0 Å². The molecular weight excluding hydrogens is 520 g/mol. The first-order valence-corrected chi connectivity index (χ1v) is 14.8. The highest BCUT2D eigenvalue weighted by atomic mass is 16.3. The van der Waals surface area contributed by atoms with Gasteiger partial charge >= 0.3 is 0 Å². The van der Waals surface area contributed by atoms with Crippen molar-refractivity contribution in [2.45, 2.75) is 0 Å². The SMILES string of the molecule is c1ccc(-c2c3ccccc3c(-c3cccc(-c4cc5oc6ccccc6c5c5ccccc45)c3)c3ccccc23)cc1. The van der Waals surface area contributed by atoms with Gasteiger partial charge in [0.2, 0.25) is 0 Å². The number of benzene rings is 8. The molecule has 1 nitrogen and oxygen atoms in total. The van der Waals surface area contributed by atoms with Crippen molar-refractivity contribution in [1.29, 1.82) is 0 Å². The molecule has 9 aromatic rings. The molecule has 0 amide bonds. The molecule has 0 N–H and O–H groups in total. The normalized spacial score (nSPS) is 11.7. The van der Waals surface area contributed by atoms with Crippen LogP contribution in [0.2, 0.25) is 0 Å². The van der Waals surface area contributed by atoms with Crippen LogP contribution in [0, 0.1) is 0 Å². The van der Waals surface area contributed by atoms with Gasteiger partial charge in [-0.05, 0) is 83.9 Å². The van der Waals surface area contributed by atoms with Crippen LogP contribution in [0.25, 0.3) is 87.6 Å². The van der Waals surface area contributed by atoms with Crippen LogP contribution in [0.1, 0.15) is 0 Å². The van der Waals surface area contributed by atoms with Gasteiger partial charge in [0.15, 0.2) is 0 Å². The molecule has 1 heterocycles. The number of rotatable bonds is 3. The summed E-state index contributed by atoms with van der Waals surface area (Å²) in [6.45, 7) is 0. The van der Waals surface area contributed by atoms with Gasteiger partial charge in [0.1, 0.15) is 11.2 Å². The lowest BCUT2D eigenvalue weighted by Crippen LogP contribution is -1.91. The zero-order chi connectivity index (χ0) is 28.3. The second kappa shape index (κ2) is 9.44. The number of hydrogen-bond donors (Lipinski definition) is 0. The summed E-state index contributed by atoms with van der Waals surface area (Å²) in [5.41, 5.74) is 9.19. The van der Waals surface area contributed by atoms with E-state index in [4.69, 9.17) is 4.42 Å². The van der Waals surface area contributed by atoms with Crippen molar-refractivity contribution in [3.63, 3.8) is 0 Å². The third kappa shape index (κ3) is 3.65. The summed E-state index contributed by atoms with van der Waals surface area (Å²) in [6, 6.07) is 56.7. The number of fused-ring (bicyclic) bond motifs is 7. The summed E-state index contributed by atoms with van der Waals surface area (Å²) in [6.07, 6.45) is 0. The molecule has 0 aliphatic heterocycles. The Hall–Kier alpha value is -5.66. The molecule has 200 valence electrons. The molecular formula is C42H26O. The Balaban J connectivity index is 1.34. The summed E-state index contributed by atoms with van der Waals surface area (Å²) in [5, 5.41) is 9.83. The average molecular weight is 547 g/mol. The van der Waals surface area contributed by atoms with E-state index in [1.807, 2.05) is 6.07 Å². The summed E-state index contributed by atoms with van der Waals surface area (Å²) >= 11 is 0. The lowest BCUT2D eigenvalue weighted by atomic mass is 9.85. The Morgan fingerprint density at radius 3 is 1.47 bits per heavy atom. The Morgan fingerprint density at radius 2 is 0.791 bits per heavy atom. The maximum atomic E-state index is 6.41. The zero-order valence-electron chi connectivity index (χ0n) is 23.4. The third-order valence-electron chi connectivity index (χ3n) is 8.84. The van der Waals surface area contributed by atoms with Crippen molar-refractivity contribution < 1.29 is 4.42 Å². The van der Waals surface area contributed by atoms with Crippen molar-refractivity contribution in [1.82, 2.24) is 0 Å². The molecule has 0 radical (unpaired) electrons. The molecule has 0 fully saturated rings. The molecule has 8 aromatic carbocycles. The van der Waals surface area contributed by atoms with Crippen LogP contribution in [0.5, 0.6) is 0 Å². The van der Waals surface area contributed by atoms with E-state index in [1.54, 1.807) is 0 Å². The van der Waals surface area contributed by atoms with E-state index < -0.39 is 0 Å². The Labute approximate surface area is 249 Å². The number of para-hydroxylation sites is 1. The van der Waals surface area contributed by atoms with Gasteiger partial charge in [-0.2, -0.15) is 0 Å². The maximum absolute atomic E-state index is 6.41. The molecule has 0 bridgehead atoms. The summed E-state index contributed by atoms with van der Waals surface area (Å²) in [7, 11) is 0. The van der Waals surface area contributed by atoms with E-state index in [0.717, 1.165) is 16.6 Å². The fourth-order valence-corrected chi connectivity index (χ4v) is 7.02.